The van der Waals surface area contributed by atoms with Gasteiger partial charge in [-0.05, 0) is 68.8 Å². The minimum Gasteiger partial charge on any atom is -0.299 e. The second kappa shape index (κ2) is 9.31. The van der Waals surface area contributed by atoms with Crippen molar-refractivity contribution in [1.29, 1.82) is 5.26 Å². The predicted molar refractivity (Wildman–Crippen MR) is 118 cm³/mol. The van der Waals surface area contributed by atoms with E-state index in [1.165, 1.54) is 12.0 Å². The Morgan fingerprint density at radius 3 is 2.43 bits per heavy atom. The Hall–Kier alpha value is -1.53. The van der Waals surface area contributed by atoms with Gasteiger partial charge in [0.05, 0.1) is 21.5 Å². The summed E-state index contributed by atoms with van der Waals surface area (Å²) < 4.78 is 0. The Labute approximate surface area is 179 Å². The largest absolute Gasteiger partial charge is 0.299 e. The molecule has 0 heterocycles. The molecule has 2 nitrogen and oxygen atoms in total. The minimum atomic E-state index is -0.478. The highest BCUT2D eigenvalue weighted by Crippen LogP contribution is 2.48. The zero-order valence-electron chi connectivity index (χ0n) is 16.7. The molecule has 0 aliphatic heterocycles. The van der Waals surface area contributed by atoms with Gasteiger partial charge in [0.2, 0.25) is 0 Å². The Balaban J connectivity index is 1.74. The first kappa shape index (κ1) is 21.2. The quantitative estimate of drug-likeness (QED) is 0.471. The maximum Gasteiger partial charge on any atom is 0.0851 e. The lowest BCUT2D eigenvalue weighted by Gasteiger charge is -2.42. The second-order valence-electron chi connectivity index (χ2n) is 8.13. The van der Waals surface area contributed by atoms with Crippen LogP contribution in [0, 0.1) is 17.2 Å². The first-order valence-corrected chi connectivity index (χ1v) is 10.8. The maximum absolute atomic E-state index is 10.3. The van der Waals surface area contributed by atoms with Crippen LogP contribution in [-0.2, 0) is 12.0 Å². The Kier molecular flexibility index (Phi) is 7.05. The van der Waals surface area contributed by atoms with E-state index in [9.17, 15) is 5.26 Å². The molecule has 0 spiro atoms. The van der Waals surface area contributed by atoms with E-state index in [0.717, 1.165) is 37.8 Å². The standard InChI is InChI=1S/C24H28Cl2N2/c1-18(28(2)16-19-7-4-3-5-8-19)13-14-24(17-27,20-9-6-10-20)21-11-12-22(25)23(26)15-21/h3-5,7-8,11-12,15,18,20H,6,9-10,13-14,16H2,1-2H3. The maximum atomic E-state index is 10.3. The predicted octanol–water partition coefficient (Wildman–Crippen LogP) is 6.86. The van der Waals surface area contributed by atoms with Crippen LogP contribution in [-0.4, -0.2) is 18.0 Å². The van der Waals surface area contributed by atoms with Crippen molar-refractivity contribution in [3.05, 3.63) is 69.7 Å². The molecule has 1 saturated carbocycles. The highest BCUT2D eigenvalue weighted by Gasteiger charge is 2.43. The molecule has 0 radical (unpaired) electrons. The van der Waals surface area contributed by atoms with Crippen LogP contribution in [0.25, 0.3) is 0 Å². The number of hydrogen-bond donors (Lipinski definition) is 0. The van der Waals surface area contributed by atoms with Crippen molar-refractivity contribution < 1.29 is 0 Å². The SMILES string of the molecule is CC(CCC(C#N)(c1ccc(Cl)c(Cl)c1)C1CCC1)N(C)Cc1ccccc1. The minimum absolute atomic E-state index is 0.385. The molecule has 2 aromatic rings. The van der Waals surface area contributed by atoms with Gasteiger partial charge in [0, 0.05) is 12.6 Å². The fraction of sp³-hybridized carbons (Fsp3) is 0.458. The molecule has 2 atom stereocenters. The zero-order chi connectivity index (χ0) is 20.1. The molecular formula is C24H28Cl2N2. The molecule has 0 saturated heterocycles. The lowest BCUT2D eigenvalue weighted by atomic mass is 9.60. The van der Waals surface area contributed by atoms with Crippen LogP contribution in [0.3, 0.4) is 0 Å². The number of halogens is 2. The van der Waals surface area contributed by atoms with Crippen LogP contribution in [0.2, 0.25) is 10.0 Å². The van der Waals surface area contributed by atoms with Crippen LogP contribution in [0.1, 0.15) is 50.2 Å². The first-order valence-electron chi connectivity index (χ1n) is 10.1. The number of benzene rings is 2. The van der Waals surface area contributed by atoms with Gasteiger partial charge in [-0.25, -0.2) is 0 Å². The number of nitriles is 1. The first-order chi connectivity index (χ1) is 13.5. The van der Waals surface area contributed by atoms with E-state index in [2.05, 4.69) is 49.2 Å². The van der Waals surface area contributed by atoms with Gasteiger partial charge < -0.3 is 0 Å². The van der Waals surface area contributed by atoms with Crippen LogP contribution in [0.5, 0.6) is 0 Å². The van der Waals surface area contributed by atoms with E-state index in [4.69, 9.17) is 23.2 Å². The van der Waals surface area contributed by atoms with E-state index in [1.54, 1.807) is 0 Å². The summed E-state index contributed by atoms with van der Waals surface area (Å²) in [7, 11) is 2.16. The van der Waals surface area contributed by atoms with Crippen LogP contribution in [0.4, 0.5) is 0 Å². The van der Waals surface area contributed by atoms with Crippen LogP contribution >= 0.6 is 23.2 Å². The average Bonchev–Trinajstić information content (AvgIpc) is 2.66. The summed E-state index contributed by atoms with van der Waals surface area (Å²) in [5, 5.41) is 11.4. The van der Waals surface area contributed by atoms with Crippen molar-refractivity contribution in [3.63, 3.8) is 0 Å². The van der Waals surface area contributed by atoms with Crippen molar-refractivity contribution in [2.24, 2.45) is 5.92 Å². The van der Waals surface area contributed by atoms with Crippen molar-refractivity contribution in [1.82, 2.24) is 4.90 Å². The third-order valence-corrected chi connectivity index (χ3v) is 7.16. The van der Waals surface area contributed by atoms with Gasteiger partial charge in [-0.1, -0.05) is 66.0 Å². The normalized spacial score (nSPS) is 17.6. The molecule has 1 fully saturated rings. The summed E-state index contributed by atoms with van der Waals surface area (Å²) in [6.07, 6.45) is 5.24. The van der Waals surface area contributed by atoms with Crippen molar-refractivity contribution >= 4 is 23.2 Å². The lowest BCUT2D eigenvalue weighted by Crippen LogP contribution is -2.40. The van der Waals surface area contributed by atoms with E-state index < -0.39 is 5.41 Å². The summed E-state index contributed by atoms with van der Waals surface area (Å²) in [5.74, 6) is 0.404. The summed E-state index contributed by atoms with van der Waals surface area (Å²) in [4.78, 5) is 2.37. The van der Waals surface area contributed by atoms with Crippen LogP contribution < -0.4 is 0 Å². The van der Waals surface area contributed by atoms with Gasteiger partial charge in [0.1, 0.15) is 0 Å². The molecule has 148 valence electrons. The molecule has 4 heteroatoms. The smallest absolute Gasteiger partial charge is 0.0851 e. The van der Waals surface area contributed by atoms with Gasteiger partial charge in [0.15, 0.2) is 0 Å². The third-order valence-electron chi connectivity index (χ3n) is 6.42. The van der Waals surface area contributed by atoms with E-state index in [-0.39, 0.29) is 0 Å². The summed E-state index contributed by atoms with van der Waals surface area (Å²) in [6, 6.07) is 19.3. The van der Waals surface area contributed by atoms with Gasteiger partial charge in [-0.3, -0.25) is 4.90 Å². The summed E-state index contributed by atoms with van der Waals surface area (Å²) in [6.45, 7) is 3.17. The topological polar surface area (TPSA) is 27.0 Å². The fourth-order valence-corrected chi connectivity index (χ4v) is 4.45. The molecule has 0 aromatic heterocycles. The van der Waals surface area contributed by atoms with Gasteiger partial charge in [-0.15, -0.1) is 0 Å². The zero-order valence-corrected chi connectivity index (χ0v) is 18.2. The van der Waals surface area contributed by atoms with Crippen molar-refractivity contribution in [3.8, 4) is 6.07 Å². The Morgan fingerprint density at radius 2 is 1.86 bits per heavy atom. The van der Waals surface area contributed by atoms with Gasteiger partial charge in [-0.2, -0.15) is 5.26 Å². The molecule has 2 unspecified atom stereocenters. The molecule has 0 amide bonds. The Morgan fingerprint density at radius 1 is 1.14 bits per heavy atom. The monoisotopic (exact) mass is 414 g/mol. The summed E-state index contributed by atoms with van der Waals surface area (Å²) >= 11 is 12.4. The second-order valence-corrected chi connectivity index (χ2v) is 8.94. The molecular weight excluding hydrogens is 387 g/mol. The van der Waals surface area contributed by atoms with Crippen molar-refractivity contribution in [2.75, 3.05) is 7.05 Å². The molecule has 1 aliphatic carbocycles. The third kappa shape index (κ3) is 4.54. The highest BCUT2D eigenvalue weighted by molar-refractivity contribution is 6.42. The van der Waals surface area contributed by atoms with Crippen molar-refractivity contribution in [2.45, 2.75) is 57.0 Å². The Bertz CT molecular complexity index is 826. The molecule has 1 aliphatic rings. The molecule has 3 rings (SSSR count). The lowest BCUT2D eigenvalue weighted by molar-refractivity contribution is 0.169. The molecule has 28 heavy (non-hydrogen) atoms. The fourth-order valence-electron chi connectivity index (χ4n) is 4.15. The average molecular weight is 415 g/mol. The molecule has 0 N–H and O–H groups in total. The van der Waals surface area contributed by atoms with E-state index >= 15 is 0 Å². The van der Waals surface area contributed by atoms with E-state index in [0.29, 0.717) is 22.0 Å². The number of rotatable bonds is 8. The van der Waals surface area contributed by atoms with Gasteiger partial charge >= 0.3 is 0 Å². The molecule has 2 aromatic carbocycles. The number of nitrogens with zero attached hydrogens (tertiary/aromatic N) is 2. The summed E-state index contributed by atoms with van der Waals surface area (Å²) in [5.41, 5.74) is 1.85. The van der Waals surface area contributed by atoms with Gasteiger partial charge in [0.25, 0.3) is 0 Å². The highest BCUT2D eigenvalue weighted by atomic mass is 35.5. The number of hydrogen-bond acceptors (Lipinski definition) is 2. The van der Waals surface area contributed by atoms with E-state index in [1.807, 2.05) is 24.3 Å². The molecule has 0 bridgehead atoms. The van der Waals surface area contributed by atoms with Crippen LogP contribution in [0.15, 0.2) is 48.5 Å².